The zero-order valence-electron chi connectivity index (χ0n) is 11.6. The standard InChI is InChI=1S/C13H25N3O2/c1-9-6-16(7-10(2)18-9)8-13(15-3,12(14)17)11-4-5-11/h9-11,15H,4-8H2,1-3H3,(H2,14,17). The van der Waals surface area contributed by atoms with E-state index in [2.05, 4.69) is 24.1 Å². The molecule has 2 rings (SSSR count). The zero-order valence-corrected chi connectivity index (χ0v) is 11.6. The van der Waals surface area contributed by atoms with Gasteiger partial charge in [0.15, 0.2) is 0 Å². The van der Waals surface area contributed by atoms with Crippen LogP contribution >= 0.6 is 0 Å². The van der Waals surface area contributed by atoms with Gasteiger partial charge in [-0.3, -0.25) is 9.69 Å². The summed E-state index contributed by atoms with van der Waals surface area (Å²) >= 11 is 0. The number of morpholine rings is 1. The average Bonchev–Trinajstić information content (AvgIpc) is 3.08. The largest absolute Gasteiger partial charge is 0.373 e. The lowest BCUT2D eigenvalue weighted by molar-refractivity contribution is -0.128. The van der Waals surface area contributed by atoms with Gasteiger partial charge >= 0.3 is 0 Å². The molecule has 2 aliphatic rings. The summed E-state index contributed by atoms with van der Waals surface area (Å²) in [6, 6.07) is 0. The molecule has 1 aliphatic heterocycles. The van der Waals surface area contributed by atoms with Crippen LogP contribution in [0.15, 0.2) is 0 Å². The number of primary amides is 1. The lowest BCUT2D eigenvalue weighted by Gasteiger charge is -2.41. The number of hydrogen-bond donors (Lipinski definition) is 2. The van der Waals surface area contributed by atoms with Crippen molar-refractivity contribution in [2.75, 3.05) is 26.7 Å². The summed E-state index contributed by atoms with van der Waals surface area (Å²) < 4.78 is 5.72. The van der Waals surface area contributed by atoms with Gasteiger partial charge in [0, 0.05) is 19.6 Å². The Labute approximate surface area is 109 Å². The van der Waals surface area contributed by atoms with Crippen LogP contribution in [0.3, 0.4) is 0 Å². The minimum Gasteiger partial charge on any atom is -0.373 e. The van der Waals surface area contributed by atoms with E-state index in [1.807, 2.05) is 7.05 Å². The van der Waals surface area contributed by atoms with Crippen LogP contribution in [-0.4, -0.2) is 55.2 Å². The Bertz CT molecular complexity index is 309. The fraction of sp³-hybridized carbons (Fsp3) is 0.923. The summed E-state index contributed by atoms with van der Waals surface area (Å²) in [7, 11) is 1.84. The minimum atomic E-state index is -0.559. The highest BCUT2D eigenvalue weighted by molar-refractivity contribution is 5.86. The van der Waals surface area contributed by atoms with Crippen molar-refractivity contribution in [1.29, 1.82) is 0 Å². The third-order valence-electron chi connectivity index (χ3n) is 4.13. The number of nitrogens with one attached hydrogen (secondary N) is 1. The van der Waals surface area contributed by atoms with Crippen molar-refractivity contribution < 1.29 is 9.53 Å². The van der Waals surface area contributed by atoms with Gasteiger partial charge < -0.3 is 15.8 Å². The van der Waals surface area contributed by atoms with E-state index < -0.39 is 5.54 Å². The van der Waals surface area contributed by atoms with Crippen LogP contribution in [0.2, 0.25) is 0 Å². The van der Waals surface area contributed by atoms with Gasteiger partial charge in [0.25, 0.3) is 0 Å². The lowest BCUT2D eigenvalue weighted by atomic mass is 9.91. The molecule has 2 fully saturated rings. The van der Waals surface area contributed by atoms with Crippen LogP contribution in [0.5, 0.6) is 0 Å². The first-order chi connectivity index (χ1) is 8.48. The first-order valence-electron chi connectivity index (χ1n) is 6.84. The second-order valence-electron chi connectivity index (χ2n) is 5.81. The summed E-state index contributed by atoms with van der Waals surface area (Å²) in [6.07, 6.45) is 2.63. The molecule has 1 amide bonds. The SMILES string of the molecule is CNC(CN1CC(C)OC(C)C1)(C(N)=O)C1CC1. The van der Waals surface area contributed by atoms with E-state index in [1.54, 1.807) is 0 Å². The number of likely N-dealkylation sites (N-methyl/N-ethyl adjacent to an activating group) is 1. The highest BCUT2D eigenvalue weighted by atomic mass is 16.5. The second-order valence-corrected chi connectivity index (χ2v) is 5.81. The normalized spacial score (nSPS) is 33.1. The van der Waals surface area contributed by atoms with E-state index in [0.717, 1.165) is 25.9 Å². The van der Waals surface area contributed by atoms with Crippen molar-refractivity contribution in [3.63, 3.8) is 0 Å². The third kappa shape index (κ3) is 2.68. The Morgan fingerprint density at radius 1 is 1.39 bits per heavy atom. The molecule has 3 atom stereocenters. The molecule has 1 saturated carbocycles. The first kappa shape index (κ1) is 13.8. The summed E-state index contributed by atoms with van der Waals surface area (Å²) in [5, 5.41) is 3.20. The summed E-state index contributed by atoms with van der Waals surface area (Å²) in [4.78, 5) is 14.2. The topological polar surface area (TPSA) is 67.6 Å². The highest BCUT2D eigenvalue weighted by Crippen LogP contribution is 2.40. The molecule has 0 aromatic heterocycles. The summed E-state index contributed by atoms with van der Waals surface area (Å²) in [5.41, 5.74) is 5.09. The molecule has 3 unspecified atom stereocenters. The first-order valence-corrected chi connectivity index (χ1v) is 6.84. The fourth-order valence-electron chi connectivity index (χ4n) is 3.16. The number of rotatable bonds is 5. The fourth-order valence-corrected chi connectivity index (χ4v) is 3.16. The lowest BCUT2D eigenvalue weighted by Crippen LogP contribution is -2.64. The van der Waals surface area contributed by atoms with E-state index in [0.29, 0.717) is 12.5 Å². The number of amides is 1. The van der Waals surface area contributed by atoms with Crippen LogP contribution < -0.4 is 11.1 Å². The average molecular weight is 255 g/mol. The predicted octanol–water partition coefficient (Wildman–Crippen LogP) is -0.0509. The smallest absolute Gasteiger partial charge is 0.239 e. The molecule has 3 N–H and O–H groups in total. The molecule has 5 heteroatoms. The van der Waals surface area contributed by atoms with Crippen LogP contribution in [0.1, 0.15) is 26.7 Å². The molecular weight excluding hydrogens is 230 g/mol. The molecule has 0 aromatic carbocycles. The van der Waals surface area contributed by atoms with Crippen molar-refractivity contribution in [2.24, 2.45) is 11.7 Å². The molecule has 1 saturated heterocycles. The molecular formula is C13H25N3O2. The van der Waals surface area contributed by atoms with Crippen LogP contribution in [0, 0.1) is 5.92 Å². The second kappa shape index (κ2) is 5.15. The molecule has 0 aromatic rings. The van der Waals surface area contributed by atoms with Gasteiger partial charge in [0.1, 0.15) is 5.54 Å². The Hall–Kier alpha value is -0.650. The predicted molar refractivity (Wildman–Crippen MR) is 70.2 cm³/mol. The van der Waals surface area contributed by atoms with Crippen LogP contribution in [-0.2, 0) is 9.53 Å². The van der Waals surface area contributed by atoms with Gasteiger partial charge in [-0.15, -0.1) is 0 Å². The zero-order chi connectivity index (χ0) is 13.3. The van der Waals surface area contributed by atoms with Crippen molar-refractivity contribution >= 4 is 5.91 Å². The van der Waals surface area contributed by atoms with E-state index >= 15 is 0 Å². The quantitative estimate of drug-likeness (QED) is 0.723. The molecule has 18 heavy (non-hydrogen) atoms. The Kier molecular flexibility index (Phi) is 3.94. The van der Waals surface area contributed by atoms with Crippen molar-refractivity contribution in [2.45, 2.75) is 44.4 Å². The van der Waals surface area contributed by atoms with Crippen LogP contribution in [0.25, 0.3) is 0 Å². The van der Waals surface area contributed by atoms with E-state index in [-0.39, 0.29) is 18.1 Å². The Morgan fingerprint density at radius 2 is 1.94 bits per heavy atom. The molecule has 0 radical (unpaired) electrons. The summed E-state index contributed by atoms with van der Waals surface area (Å²) in [5.74, 6) is 0.174. The Balaban J connectivity index is 2.06. The number of carbonyl (C=O) groups is 1. The Morgan fingerprint density at radius 3 is 2.33 bits per heavy atom. The van der Waals surface area contributed by atoms with Gasteiger partial charge in [-0.05, 0) is 39.7 Å². The van der Waals surface area contributed by atoms with Crippen molar-refractivity contribution in [3.8, 4) is 0 Å². The molecule has 5 nitrogen and oxygen atoms in total. The molecule has 0 bridgehead atoms. The van der Waals surface area contributed by atoms with Gasteiger partial charge in [-0.2, -0.15) is 0 Å². The van der Waals surface area contributed by atoms with E-state index in [4.69, 9.17) is 10.5 Å². The maximum atomic E-state index is 11.9. The monoisotopic (exact) mass is 255 g/mol. The van der Waals surface area contributed by atoms with E-state index in [1.165, 1.54) is 0 Å². The van der Waals surface area contributed by atoms with Gasteiger partial charge in [-0.1, -0.05) is 0 Å². The number of nitrogens with two attached hydrogens (primary N) is 1. The van der Waals surface area contributed by atoms with Gasteiger partial charge in [-0.25, -0.2) is 0 Å². The van der Waals surface area contributed by atoms with Crippen LogP contribution in [0.4, 0.5) is 0 Å². The van der Waals surface area contributed by atoms with Crippen molar-refractivity contribution in [1.82, 2.24) is 10.2 Å². The number of carbonyl (C=O) groups excluding carboxylic acids is 1. The third-order valence-corrected chi connectivity index (χ3v) is 4.13. The number of nitrogens with zero attached hydrogens (tertiary/aromatic N) is 1. The number of ether oxygens (including phenoxy) is 1. The van der Waals surface area contributed by atoms with Crippen molar-refractivity contribution in [3.05, 3.63) is 0 Å². The molecule has 1 aliphatic carbocycles. The maximum absolute atomic E-state index is 11.9. The molecule has 104 valence electrons. The molecule has 0 spiro atoms. The van der Waals surface area contributed by atoms with Gasteiger partial charge in [0.2, 0.25) is 5.91 Å². The number of hydrogen-bond acceptors (Lipinski definition) is 4. The maximum Gasteiger partial charge on any atom is 0.239 e. The van der Waals surface area contributed by atoms with E-state index in [9.17, 15) is 4.79 Å². The summed E-state index contributed by atoms with van der Waals surface area (Å²) in [6.45, 7) is 6.58. The molecule has 1 heterocycles. The van der Waals surface area contributed by atoms with Gasteiger partial charge in [0.05, 0.1) is 12.2 Å². The minimum absolute atomic E-state index is 0.218. The highest BCUT2D eigenvalue weighted by Gasteiger charge is 2.50.